The van der Waals surface area contributed by atoms with Crippen molar-refractivity contribution in [2.24, 2.45) is 0 Å². The molecule has 7 heteroatoms. The summed E-state index contributed by atoms with van der Waals surface area (Å²) in [6.07, 6.45) is 3.32. The fraction of sp³-hybridized carbons (Fsp3) is 0.235. The molecule has 126 valence electrons. The number of Topliss-reactive ketones (excluding diaryl/α,β-unsaturated/α-hetero) is 1. The third-order valence-corrected chi connectivity index (χ3v) is 4.40. The Morgan fingerprint density at radius 1 is 1.38 bits per heavy atom. The quantitative estimate of drug-likeness (QED) is 0.511. The number of hydrogen-bond acceptors (Lipinski definition) is 5. The first-order chi connectivity index (χ1) is 11.3. The lowest BCUT2D eigenvalue weighted by Gasteiger charge is -2.18. The van der Waals surface area contributed by atoms with Crippen molar-refractivity contribution < 1.29 is 9.90 Å². The molecule has 0 radical (unpaired) electrons. The molecule has 0 fully saturated rings. The number of ketones is 1. The molecule has 1 heterocycles. The van der Waals surface area contributed by atoms with E-state index in [-0.39, 0.29) is 0 Å². The van der Waals surface area contributed by atoms with Crippen LogP contribution in [0.25, 0.3) is 5.69 Å². The van der Waals surface area contributed by atoms with Crippen molar-refractivity contribution >= 4 is 17.5 Å². The number of hydrogen-bond donors (Lipinski definition) is 1. The van der Waals surface area contributed by atoms with Crippen LogP contribution in [-0.4, -0.2) is 26.3 Å². The van der Waals surface area contributed by atoms with Gasteiger partial charge in [0.2, 0.25) is 5.88 Å². The van der Waals surface area contributed by atoms with Gasteiger partial charge in [0.15, 0.2) is 5.78 Å². The van der Waals surface area contributed by atoms with Crippen LogP contribution >= 0.6 is 11.8 Å². The number of aromatic hydroxyl groups is 1. The largest absolute Gasteiger partial charge is 0.494 e. The van der Waals surface area contributed by atoms with Gasteiger partial charge in [0.25, 0.3) is 5.56 Å². The maximum atomic E-state index is 12.8. The van der Waals surface area contributed by atoms with Gasteiger partial charge in [-0.25, -0.2) is 9.36 Å². The number of nitrogens with zero attached hydrogens (tertiary/aromatic N) is 2. The van der Waals surface area contributed by atoms with E-state index in [1.807, 2.05) is 12.3 Å². The summed E-state index contributed by atoms with van der Waals surface area (Å²) in [5.41, 5.74) is -1.65. The number of aromatic nitrogens is 2. The summed E-state index contributed by atoms with van der Waals surface area (Å²) in [6, 6.07) is 6.25. The van der Waals surface area contributed by atoms with Gasteiger partial charge < -0.3 is 5.11 Å². The first-order valence-electron chi connectivity index (χ1n) is 7.21. The van der Waals surface area contributed by atoms with Gasteiger partial charge in [0.1, 0.15) is 5.56 Å². The topological polar surface area (TPSA) is 81.3 Å². The Labute approximate surface area is 143 Å². The fourth-order valence-corrected chi connectivity index (χ4v) is 2.82. The number of carbonyl (C=O) groups excluding carboxylic acids is 1. The van der Waals surface area contributed by atoms with Crippen molar-refractivity contribution in [3.63, 3.8) is 0 Å². The molecule has 1 atom stereocenters. The van der Waals surface area contributed by atoms with Crippen LogP contribution < -0.4 is 11.2 Å². The average Bonchev–Trinajstić information content (AvgIpc) is 2.54. The Kier molecular flexibility index (Phi) is 5.14. The first-order valence-corrected chi connectivity index (χ1v) is 8.44. The van der Waals surface area contributed by atoms with E-state index in [4.69, 9.17) is 0 Å². The van der Waals surface area contributed by atoms with Gasteiger partial charge in [0, 0.05) is 4.90 Å². The third-order valence-electron chi connectivity index (χ3n) is 3.68. The zero-order chi connectivity index (χ0) is 18.0. The van der Waals surface area contributed by atoms with Crippen LogP contribution in [-0.2, 0) is 0 Å². The lowest BCUT2D eigenvalue weighted by Crippen LogP contribution is -2.42. The second-order valence-electron chi connectivity index (χ2n) is 5.23. The molecule has 0 aliphatic heterocycles. The summed E-state index contributed by atoms with van der Waals surface area (Å²) in [5.74, 6) is -1.25. The van der Waals surface area contributed by atoms with Crippen molar-refractivity contribution in [1.82, 2.24) is 9.13 Å². The van der Waals surface area contributed by atoms with Crippen molar-refractivity contribution in [3.05, 3.63) is 63.3 Å². The van der Waals surface area contributed by atoms with Crippen LogP contribution in [0.4, 0.5) is 0 Å². The Balaban J connectivity index is 2.97. The molecule has 0 spiro atoms. The van der Waals surface area contributed by atoms with Crippen LogP contribution in [0, 0.1) is 0 Å². The van der Waals surface area contributed by atoms with E-state index in [2.05, 4.69) is 6.58 Å². The molecule has 0 saturated heterocycles. The number of allylic oxidation sites excluding steroid dienone is 1. The molecule has 2 aromatic rings. The Bertz CT molecular complexity index is 927. The van der Waals surface area contributed by atoms with Crippen molar-refractivity contribution in [1.29, 1.82) is 0 Å². The summed E-state index contributed by atoms with van der Waals surface area (Å²) in [5, 5.41) is 10.3. The second-order valence-corrected chi connectivity index (χ2v) is 6.11. The highest BCUT2D eigenvalue weighted by atomic mass is 32.2. The molecular weight excluding hydrogens is 328 g/mol. The van der Waals surface area contributed by atoms with E-state index in [1.54, 1.807) is 25.1 Å². The van der Waals surface area contributed by atoms with Gasteiger partial charge in [-0.3, -0.25) is 14.2 Å². The van der Waals surface area contributed by atoms with Gasteiger partial charge in [-0.15, -0.1) is 18.3 Å². The lowest BCUT2D eigenvalue weighted by atomic mass is 10.2. The smallest absolute Gasteiger partial charge is 0.339 e. The highest BCUT2D eigenvalue weighted by molar-refractivity contribution is 7.98. The van der Waals surface area contributed by atoms with Gasteiger partial charge >= 0.3 is 5.69 Å². The summed E-state index contributed by atoms with van der Waals surface area (Å²) in [6.45, 7) is 6.40. The third kappa shape index (κ3) is 2.94. The number of thioether (sulfide) groups is 1. The summed E-state index contributed by atoms with van der Waals surface area (Å²) in [4.78, 5) is 38.1. The van der Waals surface area contributed by atoms with Crippen LogP contribution in [0.5, 0.6) is 5.88 Å². The average molecular weight is 346 g/mol. The monoisotopic (exact) mass is 346 g/mol. The highest BCUT2D eigenvalue weighted by Gasteiger charge is 2.24. The SMILES string of the molecule is C=CC(C)n1c(O)c(C(C)=O)c(=O)n(-c2cccc(SC)c2)c1=O. The minimum atomic E-state index is -0.837. The lowest BCUT2D eigenvalue weighted by molar-refractivity contribution is 0.101. The molecule has 0 aliphatic carbocycles. The van der Waals surface area contributed by atoms with Crippen molar-refractivity contribution in [2.75, 3.05) is 6.26 Å². The number of benzene rings is 1. The minimum absolute atomic E-state index is 0.337. The zero-order valence-electron chi connectivity index (χ0n) is 13.6. The molecular formula is C17H18N2O4S. The summed E-state index contributed by atoms with van der Waals surface area (Å²) in [7, 11) is 0. The van der Waals surface area contributed by atoms with E-state index in [9.17, 15) is 19.5 Å². The van der Waals surface area contributed by atoms with Gasteiger partial charge in [-0.1, -0.05) is 12.1 Å². The number of carbonyl (C=O) groups is 1. The van der Waals surface area contributed by atoms with E-state index < -0.39 is 34.5 Å². The molecule has 0 saturated carbocycles. The molecule has 1 aromatic carbocycles. The van der Waals surface area contributed by atoms with Crippen LogP contribution in [0.3, 0.4) is 0 Å². The maximum absolute atomic E-state index is 12.8. The molecule has 6 nitrogen and oxygen atoms in total. The van der Waals surface area contributed by atoms with Gasteiger partial charge in [0.05, 0.1) is 11.7 Å². The molecule has 0 aliphatic rings. The molecule has 24 heavy (non-hydrogen) atoms. The molecule has 0 bridgehead atoms. The second kappa shape index (κ2) is 6.92. The van der Waals surface area contributed by atoms with E-state index in [0.717, 1.165) is 14.0 Å². The predicted octanol–water partition coefficient (Wildman–Crippen LogP) is 2.38. The minimum Gasteiger partial charge on any atom is -0.494 e. The molecule has 1 N–H and O–H groups in total. The summed E-state index contributed by atoms with van der Waals surface area (Å²) >= 11 is 1.46. The van der Waals surface area contributed by atoms with Crippen molar-refractivity contribution in [2.45, 2.75) is 24.8 Å². The standard InChI is InChI=1S/C17H18N2O4S/c1-5-10(2)18-15(21)14(11(3)20)16(22)19(17(18)23)12-7-6-8-13(9-12)24-4/h5-10,21H,1H2,2-4H3. The van der Waals surface area contributed by atoms with E-state index in [0.29, 0.717) is 5.69 Å². The van der Waals surface area contributed by atoms with Crippen LogP contribution in [0.2, 0.25) is 0 Å². The summed E-state index contributed by atoms with van der Waals surface area (Å²) < 4.78 is 1.88. The zero-order valence-corrected chi connectivity index (χ0v) is 14.5. The van der Waals surface area contributed by atoms with E-state index >= 15 is 0 Å². The molecule has 1 aromatic heterocycles. The normalized spacial score (nSPS) is 12.0. The fourth-order valence-electron chi connectivity index (χ4n) is 2.37. The van der Waals surface area contributed by atoms with Crippen molar-refractivity contribution in [3.8, 4) is 11.6 Å². The van der Waals surface area contributed by atoms with Gasteiger partial charge in [-0.2, -0.15) is 0 Å². The number of rotatable bonds is 5. The highest BCUT2D eigenvalue weighted by Crippen LogP contribution is 2.20. The predicted molar refractivity (Wildman–Crippen MR) is 94.7 cm³/mol. The Hall–Kier alpha value is -2.54. The Morgan fingerprint density at radius 2 is 2.04 bits per heavy atom. The molecule has 1 unspecified atom stereocenters. The molecule has 2 rings (SSSR count). The molecule has 0 amide bonds. The van der Waals surface area contributed by atoms with Gasteiger partial charge in [-0.05, 0) is 38.3 Å². The van der Waals surface area contributed by atoms with Crippen LogP contribution in [0.1, 0.15) is 30.2 Å². The maximum Gasteiger partial charge on any atom is 0.339 e. The van der Waals surface area contributed by atoms with E-state index in [1.165, 1.54) is 24.8 Å². The van der Waals surface area contributed by atoms with Crippen LogP contribution in [0.15, 0.2) is 51.4 Å². The Morgan fingerprint density at radius 3 is 2.58 bits per heavy atom. The first kappa shape index (κ1) is 17.8.